The van der Waals surface area contributed by atoms with Crippen molar-refractivity contribution in [2.45, 2.75) is 6.92 Å². The van der Waals surface area contributed by atoms with Crippen LogP contribution in [-0.4, -0.2) is 28.8 Å². The Kier molecular flexibility index (Phi) is 6.49. The van der Waals surface area contributed by atoms with Crippen LogP contribution >= 0.6 is 0 Å². The highest BCUT2D eigenvalue weighted by Crippen LogP contribution is 2.20. The van der Waals surface area contributed by atoms with Crippen LogP contribution in [0, 0.1) is 0 Å². The van der Waals surface area contributed by atoms with Gasteiger partial charge < -0.3 is 14.6 Å². The molecule has 0 saturated heterocycles. The van der Waals surface area contributed by atoms with E-state index in [4.69, 9.17) is 4.74 Å². The summed E-state index contributed by atoms with van der Waals surface area (Å²) in [7, 11) is 1.62. The van der Waals surface area contributed by atoms with Crippen LogP contribution in [0.3, 0.4) is 0 Å². The second-order valence-corrected chi connectivity index (χ2v) is 6.49. The maximum Gasteiger partial charge on any atom is 0.355 e. The van der Waals surface area contributed by atoms with Gasteiger partial charge in [-0.05, 0) is 49.4 Å². The minimum atomic E-state index is -0.683. The van der Waals surface area contributed by atoms with E-state index < -0.39 is 18.5 Å². The molecule has 8 heteroatoms. The van der Waals surface area contributed by atoms with Crippen molar-refractivity contribution in [2.75, 3.05) is 11.9 Å². The number of azo groups is 1. The Morgan fingerprint density at radius 2 is 1.60 bits per heavy atom. The number of ether oxygens (including phenoxy) is 1. The van der Waals surface area contributed by atoms with Crippen molar-refractivity contribution in [3.05, 3.63) is 78.1 Å². The van der Waals surface area contributed by atoms with E-state index in [9.17, 15) is 14.4 Å². The van der Waals surface area contributed by atoms with E-state index in [1.165, 1.54) is 23.8 Å². The molecule has 8 nitrogen and oxygen atoms in total. The third kappa shape index (κ3) is 5.48. The Morgan fingerprint density at radius 1 is 0.967 bits per heavy atom. The van der Waals surface area contributed by atoms with Crippen molar-refractivity contribution < 1.29 is 19.1 Å². The Morgan fingerprint density at radius 3 is 2.20 bits per heavy atom. The maximum atomic E-state index is 12.1. The monoisotopic (exact) mass is 404 g/mol. The van der Waals surface area contributed by atoms with Gasteiger partial charge in [-0.25, -0.2) is 4.79 Å². The zero-order valence-electron chi connectivity index (χ0n) is 16.5. The molecule has 0 atom stereocenters. The number of Topliss-reactive ketones (excluding diaryl/α,β-unsaturated/α-hetero) is 1. The lowest BCUT2D eigenvalue weighted by atomic mass is 10.2. The number of aryl methyl sites for hydroxylation is 1. The van der Waals surface area contributed by atoms with Gasteiger partial charge in [0.1, 0.15) is 5.69 Å². The molecule has 0 bridgehead atoms. The number of nitrogens with zero attached hydrogens (tertiary/aromatic N) is 3. The highest BCUT2D eigenvalue weighted by molar-refractivity contribution is 5.99. The molecule has 0 unspecified atom stereocenters. The van der Waals surface area contributed by atoms with Gasteiger partial charge in [0.2, 0.25) is 0 Å². The molecule has 0 aliphatic rings. The number of carbonyl (C=O) groups excluding carboxylic acids is 3. The van der Waals surface area contributed by atoms with E-state index in [1.807, 2.05) is 30.3 Å². The van der Waals surface area contributed by atoms with Crippen molar-refractivity contribution in [1.82, 2.24) is 4.57 Å². The summed E-state index contributed by atoms with van der Waals surface area (Å²) in [4.78, 5) is 35.6. The van der Waals surface area contributed by atoms with Gasteiger partial charge in [0.25, 0.3) is 5.91 Å². The lowest BCUT2D eigenvalue weighted by molar-refractivity contribution is -0.119. The molecular weight excluding hydrogens is 384 g/mol. The normalized spacial score (nSPS) is 10.7. The first kappa shape index (κ1) is 20.7. The number of esters is 1. The second kappa shape index (κ2) is 9.42. The first-order valence-electron chi connectivity index (χ1n) is 9.13. The highest BCUT2D eigenvalue weighted by atomic mass is 16.5. The van der Waals surface area contributed by atoms with Gasteiger partial charge in [-0.2, -0.15) is 10.2 Å². The third-order valence-corrected chi connectivity index (χ3v) is 4.14. The Balaban J connectivity index is 1.52. The predicted octanol–water partition coefficient (Wildman–Crippen LogP) is 4.44. The third-order valence-electron chi connectivity index (χ3n) is 4.14. The van der Waals surface area contributed by atoms with E-state index in [-0.39, 0.29) is 11.5 Å². The predicted molar refractivity (Wildman–Crippen MR) is 111 cm³/mol. The van der Waals surface area contributed by atoms with Crippen LogP contribution < -0.4 is 5.32 Å². The molecule has 3 aromatic rings. The number of nitrogens with one attached hydrogen (secondary N) is 1. The lowest BCUT2D eigenvalue weighted by Gasteiger charge is -2.07. The largest absolute Gasteiger partial charge is 0.451 e. The zero-order valence-corrected chi connectivity index (χ0v) is 16.5. The zero-order chi connectivity index (χ0) is 21.5. The van der Waals surface area contributed by atoms with Gasteiger partial charge in [0, 0.05) is 24.5 Å². The van der Waals surface area contributed by atoms with Gasteiger partial charge in [0.15, 0.2) is 12.4 Å². The SMILES string of the molecule is CC(=O)c1cc(C(=O)OCC(=O)Nc2ccc(N=Nc3ccccc3)cc2)n(C)c1. The molecule has 3 rings (SSSR count). The molecule has 1 heterocycles. The first-order valence-corrected chi connectivity index (χ1v) is 9.13. The lowest BCUT2D eigenvalue weighted by Crippen LogP contribution is -2.21. The van der Waals surface area contributed by atoms with Crippen molar-refractivity contribution >= 4 is 34.7 Å². The van der Waals surface area contributed by atoms with Crippen LogP contribution in [0.4, 0.5) is 17.1 Å². The van der Waals surface area contributed by atoms with Crippen LogP contribution in [0.25, 0.3) is 0 Å². The summed E-state index contributed by atoms with van der Waals surface area (Å²) in [5.74, 6) is -1.33. The van der Waals surface area contributed by atoms with Gasteiger partial charge in [0.05, 0.1) is 11.4 Å². The number of aromatic nitrogens is 1. The molecule has 1 amide bonds. The molecule has 0 spiro atoms. The van der Waals surface area contributed by atoms with Crippen molar-refractivity contribution in [1.29, 1.82) is 0 Å². The summed E-state index contributed by atoms with van der Waals surface area (Å²) in [5.41, 5.74) is 2.51. The standard InChI is InChI=1S/C22H20N4O4/c1-15(27)16-12-20(26(2)13-16)22(29)30-14-21(28)23-17-8-10-19(11-9-17)25-24-18-6-4-3-5-7-18/h3-13H,14H2,1-2H3,(H,23,28). The summed E-state index contributed by atoms with van der Waals surface area (Å²) in [6.45, 7) is 0.959. The van der Waals surface area contributed by atoms with E-state index in [2.05, 4.69) is 15.5 Å². The van der Waals surface area contributed by atoms with Crippen LogP contribution in [0.1, 0.15) is 27.8 Å². The summed E-state index contributed by atoms with van der Waals surface area (Å²) >= 11 is 0. The quantitative estimate of drug-likeness (QED) is 0.357. The smallest absolute Gasteiger partial charge is 0.355 e. The second-order valence-electron chi connectivity index (χ2n) is 6.49. The average molecular weight is 404 g/mol. The number of hydrogen-bond donors (Lipinski definition) is 1. The molecule has 1 N–H and O–H groups in total. The van der Waals surface area contributed by atoms with E-state index in [0.29, 0.717) is 16.9 Å². The summed E-state index contributed by atoms with van der Waals surface area (Å²) in [6, 6.07) is 17.5. The van der Waals surface area contributed by atoms with Gasteiger partial charge >= 0.3 is 5.97 Å². The molecule has 0 aliphatic carbocycles. The Hall–Kier alpha value is -4.07. The van der Waals surface area contributed by atoms with Crippen molar-refractivity contribution in [3.63, 3.8) is 0 Å². The van der Waals surface area contributed by atoms with E-state index in [0.717, 1.165) is 5.69 Å². The van der Waals surface area contributed by atoms with Gasteiger partial charge in [-0.1, -0.05) is 18.2 Å². The molecule has 152 valence electrons. The van der Waals surface area contributed by atoms with Gasteiger partial charge in [-0.15, -0.1) is 0 Å². The fourth-order valence-electron chi connectivity index (χ4n) is 2.58. The molecule has 0 fully saturated rings. The van der Waals surface area contributed by atoms with Crippen molar-refractivity contribution in [2.24, 2.45) is 17.3 Å². The molecule has 30 heavy (non-hydrogen) atoms. The van der Waals surface area contributed by atoms with Crippen LogP contribution in [0.5, 0.6) is 0 Å². The number of carbonyl (C=O) groups is 3. The number of rotatable bonds is 7. The minimum absolute atomic E-state index is 0.158. The van der Waals surface area contributed by atoms with Crippen LogP contribution in [-0.2, 0) is 16.6 Å². The fraction of sp³-hybridized carbons (Fsp3) is 0.136. The van der Waals surface area contributed by atoms with E-state index in [1.54, 1.807) is 31.3 Å². The number of hydrogen-bond acceptors (Lipinski definition) is 6. The molecule has 0 radical (unpaired) electrons. The maximum absolute atomic E-state index is 12.1. The van der Waals surface area contributed by atoms with Crippen LogP contribution in [0.15, 0.2) is 77.1 Å². The Bertz CT molecular complexity index is 1090. The molecular formula is C22H20N4O4. The van der Waals surface area contributed by atoms with Crippen LogP contribution in [0.2, 0.25) is 0 Å². The summed E-state index contributed by atoms with van der Waals surface area (Å²) < 4.78 is 6.52. The molecule has 0 aliphatic heterocycles. The summed E-state index contributed by atoms with van der Waals surface area (Å²) in [5, 5.41) is 10.9. The summed E-state index contributed by atoms with van der Waals surface area (Å²) in [6.07, 6.45) is 1.54. The first-order chi connectivity index (χ1) is 14.4. The number of benzene rings is 2. The highest BCUT2D eigenvalue weighted by Gasteiger charge is 2.16. The van der Waals surface area contributed by atoms with E-state index >= 15 is 0 Å². The molecule has 0 saturated carbocycles. The average Bonchev–Trinajstić information content (AvgIpc) is 3.14. The van der Waals surface area contributed by atoms with Gasteiger partial charge in [-0.3, -0.25) is 9.59 Å². The number of amides is 1. The number of anilines is 1. The number of ketones is 1. The minimum Gasteiger partial charge on any atom is -0.451 e. The molecule has 2 aromatic carbocycles. The van der Waals surface area contributed by atoms with Crippen molar-refractivity contribution in [3.8, 4) is 0 Å². The Labute approximate surface area is 173 Å². The topological polar surface area (TPSA) is 102 Å². The molecule has 1 aromatic heterocycles. The fourth-order valence-corrected chi connectivity index (χ4v) is 2.58.